The van der Waals surface area contributed by atoms with Crippen LogP contribution in [0.15, 0.2) is 12.2 Å². The number of rotatable bonds is 8. The van der Waals surface area contributed by atoms with Gasteiger partial charge in [-0.25, -0.2) is 4.79 Å². The number of carbonyl (C=O) groups excluding carboxylic acids is 2. The standard InChI is InChI=1S/C11H20O5Si/c1-5-14-6-7-15-10(12)8-9(2)11(13)16-17(3)4/h17H,2,5-8H2,1,3-4H3. The fourth-order valence-corrected chi connectivity index (χ4v) is 1.55. The van der Waals surface area contributed by atoms with Crippen LogP contribution < -0.4 is 0 Å². The van der Waals surface area contributed by atoms with Crippen LogP contribution in [0.4, 0.5) is 0 Å². The van der Waals surface area contributed by atoms with Gasteiger partial charge in [0, 0.05) is 12.2 Å². The highest BCUT2D eigenvalue weighted by Gasteiger charge is 2.15. The first kappa shape index (κ1) is 15.9. The van der Waals surface area contributed by atoms with E-state index in [4.69, 9.17) is 13.9 Å². The zero-order valence-electron chi connectivity index (χ0n) is 10.7. The number of hydrogen-bond acceptors (Lipinski definition) is 5. The Hall–Kier alpha value is -1.14. The molecule has 17 heavy (non-hydrogen) atoms. The molecule has 0 atom stereocenters. The molecule has 5 nitrogen and oxygen atoms in total. The van der Waals surface area contributed by atoms with Gasteiger partial charge in [-0.15, -0.1) is 0 Å². The molecule has 0 amide bonds. The van der Waals surface area contributed by atoms with E-state index in [0.717, 1.165) is 0 Å². The average molecular weight is 260 g/mol. The molecule has 0 saturated heterocycles. The lowest BCUT2D eigenvalue weighted by Gasteiger charge is -2.09. The van der Waals surface area contributed by atoms with Crippen LogP contribution in [0, 0.1) is 0 Å². The summed E-state index contributed by atoms with van der Waals surface area (Å²) in [6, 6.07) is 0. The number of hydrogen-bond donors (Lipinski definition) is 0. The predicted octanol–water partition coefficient (Wildman–Crippen LogP) is 1.04. The minimum absolute atomic E-state index is 0.132. The minimum Gasteiger partial charge on any atom is -0.519 e. The first-order chi connectivity index (χ1) is 7.97. The fraction of sp³-hybridized carbons (Fsp3) is 0.636. The summed E-state index contributed by atoms with van der Waals surface area (Å²) >= 11 is 0. The third-order valence-electron chi connectivity index (χ3n) is 1.68. The highest BCUT2D eigenvalue weighted by Crippen LogP contribution is 2.04. The molecule has 0 saturated carbocycles. The van der Waals surface area contributed by atoms with E-state index in [2.05, 4.69) is 6.58 Å². The first-order valence-corrected chi connectivity index (χ1v) is 8.37. The van der Waals surface area contributed by atoms with E-state index in [1.165, 1.54) is 0 Å². The topological polar surface area (TPSA) is 61.8 Å². The molecule has 0 N–H and O–H groups in total. The molecule has 98 valence electrons. The Kier molecular flexibility index (Phi) is 8.34. The summed E-state index contributed by atoms with van der Waals surface area (Å²) in [5.41, 5.74) is 0.132. The lowest BCUT2D eigenvalue weighted by Crippen LogP contribution is -2.19. The van der Waals surface area contributed by atoms with E-state index >= 15 is 0 Å². The molecule has 0 aliphatic rings. The van der Waals surface area contributed by atoms with E-state index in [1.807, 2.05) is 20.0 Å². The monoisotopic (exact) mass is 260 g/mol. The Labute approximate surface area is 103 Å². The van der Waals surface area contributed by atoms with Gasteiger partial charge in [0.25, 0.3) is 0 Å². The second kappa shape index (κ2) is 8.95. The van der Waals surface area contributed by atoms with Crippen molar-refractivity contribution >= 4 is 21.0 Å². The van der Waals surface area contributed by atoms with Gasteiger partial charge in [-0.1, -0.05) is 6.58 Å². The molecule has 0 aliphatic heterocycles. The van der Waals surface area contributed by atoms with Crippen LogP contribution in [0.2, 0.25) is 13.1 Å². The van der Waals surface area contributed by atoms with E-state index in [0.29, 0.717) is 13.2 Å². The van der Waals surface area contributed by atoms with Crippen molar-refractivity contribution in [3.8, 4) is 0 Å². The largest absolute Gasteiger partial charge is 0.519 e. The van der Waals surface area contributed by atoms with Crippen LogP contribution in [-0.2, 0) is 23.5 Å². The first-order valence-electron chi connectivity index (χ1n) is 5.59. The summed E-state index contributed by atoms with van der Waals surface area (Å²) in [5, 5.41) is 0. The highest BCUT2D eigenvalue weighted by molar-refractivity contribution is 6.51. The Balaban J connectivity index is 3.80. The molecular formula is C11H20O5Si. The van der Waals surface area contributed by atoms with Crippen LogP contribution in [0.25, 0.3) is 0 Å². The van der Waals surface area contributed by atoms with Crippen LogP contribution >= 0.6 is 0 Å². The molecule has 0 spiro atoms. The van der Waals surface area contributed by atoms with Crippen molar-refractivity contribution in [2.24, 2.45) is 0 Å². The van der Waals surface area contributed by atoms with Gasteiger partial charge >= 0.3 is 11.9 Å². The maximum atomic E-state index is 11.3. The molecule has 0 bridgehead atoms. The SMILES string of the molecule is C=C(CC(=O)OCCOCC)C(=O)O[SiH](C)C. The van der Waals surface area contributed by atoms with Gasteiger partial charge in [0.1, 0.15) is 6.61 Å². The van der Waals surface area contributed by atoms with Crippen molar-refractivity contribution in [3.05, 3.63) is 12.2 Å². The van der Waals surface area contributed by atoms with Gasteiger partial charge < -0.3 is 13.9 Å². The van der Waals surface area contributed by atoms with Crippen LogP contribution in [0.3, 0.4) is 0 Å². The Bertz CT molecular complexity index is 275. The number of esters is 1. The van der Waals surface area contributed by atoms with Crippen LogP contribution in [0.5, 0.6) is 0 Å². The molecule has 6 heteroatoms. The normalized spacial score (nSPS) is 10.1. The molecule has 0 aromatic carbocycles. The molecule has 0 rings (SSSR count). The zero-order valence-corrected chi connectivity index (χ0v) is 11.8. The van der Waals surface area contributed by atoms with Crippen molar-refractivity contribution in [1.82, 2.24) is 0 Å². The van der Waals surface area contributed by atoms with Gasteiger partial charge in [-0.05, 0) is 20.0 Å². The van der Waals surface area contributed by atoms with Crippen molar-refractivity contribution in [2.75, 3.05) is 19.8 Å². The molecule has 0 heterocycles. The molecular weight excluding hydrogens is 240 g/mol. The molecule has 0 fully saturated rings. The van der Waals surface area contributed by atoms with E-state index in [9.17, 15) is 9.59 Å². The number of carbonyl (C=O) groups is 2. The van der Waals surface area contributed by atoms with Crippen molar-refractivity contribution in [3.63, 3.8) is 0 Å². The van der Waals surface area contributed by atoms with Crippen molar-refractivity contribution < 1.29 is 23.5 Å². The smallest absolute Gasteiger partial charge is 0.320 e. The van der Waals surface area contributed by atoms with E-state index in [1.54, 1.807) is 0 Å². The van der Waals surface area contributed by atoms with Crippen molar-refractivity contribution in [1.29, 1.82) is 0 Å². The Morgan fingerprint density at radius 1 is 1.24 bits per heavy atom. The molecule has 0 aromatic rings. The predicted molar refractivity (Wildman–Crippen MR) is 66.2 cm³/mol. The summed E-state index contributed by atoms with van der Waals surface area (Å²) in [4.78, 5) is 22.6. The average Bonchev–Trinajstić information content (AvgIpc) is 2.23. The molecule has 0 unspecified atom stereocenters. The van der Waals surface area contributed by atoms with Gasteiger partial charge in [-0.2, -0.15) is 0 Å². The fourth-order valence-electron chi connectivity index (χ4n) is 0.954. The van der Waals surface area contributed by atoms with Gasteiger partial charge in [0.05, 0.1) is 13.0 Å². The van der Waals surface area contributed by atoms with Crippen LogP contribution in [-0.4, -0.2) is 40.8 Å². The number of ether oxygens (including phenoxy) is 2. The summed E-state index contributed by atoms with van der Waals surface area (Å²) in [6.45, 7) is 10.2. The summed E-state index contributed by atoms with van der Waals surface area (Å²) in [7, 11) is -1.44. The third-order valence-corrected chi connectivity index (χ3v) is 2.37. The second-order valence-electron chi connectivity index (χ2n) is 3.65. The maximum absolute atomic E-state index is 11.3. The lowest BCUT2D eigenvalue weighted by molar-refractivity contribution is -0.145. The summed E-state index contributed by atoms with van der Waals surface area (Å²) in [5.74, 6) is -0.995. The molecule has 0 radical (unpaired) electrons. The van der Waals surface area contributed by atoms with Crippen LogP contribution in [0.1, 0.15) is 13.3 Å². The second-order valence-corrected chi connectivity index (χ2v) is 5.98. The maximum Gasteiger partial charge on any atom is 0.320 e. The Morgan fingerprint density at radius 3 is 2.41 bits per heavy atom. The summed E-state index contributed by atoms with van der Waals surface area (Å²) in [6.07, 6.45) is -0.133. The summed E-state index contributed by atoms with van der Waals surface area (Å²) < 4.78 is 14.9. The van der Waals surface area contributed by atoms with Gasteiger partial charge in [0.2, 0.25) is 9.04 Å². The minimum atomic E-state index is -1.44. The molecule has 0 aromatic heterocycles. The van der Waals surface area contributed by atoms with Crippen molar-refractivity contribution in [2.45, 2.75) is 26.4 Å². The van der Waals surface area contributed by atoms with E-state index in [-0.39, 0.29) is 18.6 Å². The third kappa shape index (κ3) is 8.64. The quantitative estimate of drug-likeness (QED) is 0.282. The Morgan fingerprint density at radius 2 is 1.88 bits per heavy atom. The van der Waals surface area contributed by atoms with E-state index < -0.39 is 21.0 Å². The van der Waals surface area contributed by atoms with Gasteiger partial charge in [-0.3, -0.25) is 4.79 Å². The molecule has 0 aliphatic carbocycles. The highest BCUT2D eigenvalue weighted by atomic mass is 28.3. The van der Waals surface area contributed by atoms with Gasteiger partial charge in [0.15, 0.2) is 0 Å². The zero-order chi connectivity index (χ0) is 13.3. The lowest BCUT2D eigenvalue weighted by atomic mass is 10.2.